The molecule has 0 radical (unpaired) electrons. The van der Waals surface area contributed by atoms with Gasteiger partial charge in [0.1, 0.15) is 0 Å². The molecule has 2 aliphatic rings. The first-order valence-corrected chi connectivity index (χ1v) is 10.6. The molecular formula is C23H27ClN4O2. The Hall–Kier alpha value is -2.57. The first kappa shape index (κ1) is 20.7. The number of likely N-dealkylation sites (N-methyl/N-ethyl adjacent to an activating group) is 2. The Morgan fingerprint density at radius 3 is 2.67 bits per heavy atom. The maximum Gasteiger partial charge on any atom is 0.256 e. The fraction of sp³-hybridized carbons (Fsp3) is 0.391. The first-order chi connectivity index (χ1) is 14.3. The number of aryl methyl sites for hydroxylation is 1. The number of nitrogens with one attached hydrogen (secondary N) is 2. The topological polar surface area (TPSA) is 68.4 Å². The lowest BCUT2D eigenvalue weighted by Crippen LogP contribution is -2.34. The van der Waals surface area contributed by atoms with Gasteiger partial charge in [0.2, 0.25) is 0 Å². The lowest BCUT2D eigenvalue weighted by Gasteiger charge is -2.22. The Morgan fingerprint density at radius 2 is 1.93 bits per heavy atom. The van der Waals surface area contributed by atoms with E-state index in [2.05, 4.69) is 15.2 Å². The summed E-state index contributed by atoms with van der Waals surface area (Å²) in [6.45, 7) is 3.41. The number of carbonyl (C=O) groups is 2. The van der Waals surface area contributed by atoms with Gasteiger partial charge in [-0.25, -0.2) is 0 Å². The van der Waals surface area contributed by atoms with Gasteiger partial charge in [0.05, 0.1) is 16.8 Å². The van der Waals surface area contributed by atoms with Crippen molar-refractivity contribution in [1.82, 2.24) is 14.8 Å². The summed E-state index contributed by atoms with van der Waals surface area (Å²) in [5, 5.41) is 3.52. The molecule has 30 heavy (non-hydrogen) atoms. The van der Waals surface area contributed by atoms with Gasteiger partial charge < -0.3 is 20.1 Å². The average molecular weight is 427 g/mol. The number of rotatable bonds is 4. The SMILES string of the molecule is Cc1[nH]c2c(c1C(=O)N(C)CCN(C)C)CCC/C2=C1/C(=O)Nc2cc(Cl)ccc21. The van der Waals surface area contributed by atoms with Crippen LogP contribution >= 0.6 is 11.6 Å². The summed E-state index contributed by atoms with van der Waals surface area (Å²) < 4.78 is 0. The second-order valence-corrected chi connectivity index (χ2v) is 8.80. The van der Waals surface area contributed by atoms with Crippen LogP contribution in [0.15, 0.2) is 18.2 Å². The first-order valence-electron chi connectivity index (χ1n) is 10.2. The van der Waals surface area contributed by atoms with Gasteiger partial charge in [0, 0.05) is 42.1 Å². The molecule has 0 bridgehead atoms. The number of benzene rings is 1. The summed E-state index contributed by atoms with van der Waals surface area (Å²) in [6.07, 6.45) is 2.52. The highest BCUT2D eigenvalue weighted by Gasteiger charge is 2.33. The predicted molar refractivity (Wildman–Crippen MR) is 121 cm³/mol. The van der Waals surface area contributed by atoms with E-state index in [-0.39, 0.29) is 11.8 Å². The summed E-state index contributed by atoms with van der Waals surface area (Å²) >= 11 is 6.10. The molecule has 1 aromatic heterocycles. The Bertz CT molecular complexity index is 1070. The van der Waals surface area contributed by atoms with E-state index < -0.39 is 0 Å². The van der Waals surface area contributed by atoms with Gasteiger partial charge in [-0.15, -0.1) is 0 Å². The lowest BCUT2D eigenvalue weighted by atomic mass is 9.86. The molecule has 2 heterocycles. The maximum absolute atomic E-state index is 13.2. The summed E-state index contributed by atoms with van der Waals surface area (Å²) in [5.74, 6) is -0.0838. The standard InChI is InChI=1S/C23H27ClN4O2/c1-13-19(23(30)28(4)11-10-27(2)3)16-6-5-7-17(21(16)25-13)20-15-9-8-14(24)12-18(15)26-22(20)29/h8-9,12,25H,5-7,10-11H2,1-4H3,(H,26,29)/b20-17-. The molecule has 2 aromatic rings. The normalized spacial score (nSPS) is 17.7. The van der Waals surface area contributed by atoms with Crippen LogP contribution in [0.1, 0.15) is 45.7 Å². The van der Waals surface area contributed by atoms with E-state index in [4.69, 9.17) is 11.6 Å². The van der Waals surface area contributed by atoms with Gasteiger partial charge in [0.15, 0.2) is 0 Å². The molecule has 0 unspecified atom stereocenters. The van der Waals surface area contributed by atoms with E-state index in [0.717, 1.165) is 65.1 Å². The molecule has 4 rings (SSSR count). The fourth-order valence-corrected chi connectivity index (χ4v) is 4.55. The third-order valence-electron chi connectivity index (χ3n) is 5.92. The molecular weight excluding hydrogens is 400 g/mol. The quantitative estimate of drug-likeness (QED) is 0.730. The lowest BCUT2D eigenvalue weighted by molar-refractivity contribution is -0.110. The van der Waals surface area contributed by atoms with Crippen molar-refractivity contribution in [2.24, 2.45) is 0 Å². The van der Waals surface area contributed by atoms with E-state index in [1.54, 1.807) is 17.0 Å². The van der Waals surface area contributed by atoms with Crippen LogP contribution < -0.4 is 5.32 Å². The van der Waals surface area contributed by atoms with Crippen LogP contribution in [0.25, 0.3) is 11.1 Å². The van der Waals surface area contributed by atoms with Gasteiger partial charge in [-0.1, -0.05) is 17.7 Å². The summed E-state index contributed by atoms with van der Waals surface area (Å²) in [6, 6.07) is 5.48. The van der Waals surface area contributed by atoms with Crippen molar-refractivity contribution in [3.8, 4) is 0 Å². The summed E-state index contributed by atoms with van der Waals surface area (Å²) in [7, 11) is 5.84. The van der Waals surface area contributed by atoms with Gasteiger partial charge in [-0.2, -0.15) is 0 Å². The van der Waals surface area contributed by atoms with E-state index in [1.165, 1.54) is 0 Å². The monoisotopic (exact) mass is 426 g/mol. The minimum atomic E-state index is -0.113. The number of amides is 2. The number of hydrogen-bond donors (Lipinski definition) is 2. The van der Waals surface area contributed by atoms with Crippen LogP contribution in [-0.2, 0) is 11.2 Å². The summed E-state index contributed by atoms with van der Waals surface area (Å²) in [5.41, 5.74) is 6.84. The van der Waals surface area contributed by atoms with E-state index in [9.17, 15) is 9.59 Å². The molecule has 1 aromatic carbocycles. The zero-order valence-corrected chi connectivity index (χ0v) is 18.6. The van der Waals surface area contributed by atoms with Crippen LogP contribution in [0.4, 0.5) is 5.69 Å². The number of carbonyl (C=O) groups excluding carboxylic acids is 2. The molecule has 2 N–H and O–H groups in total. The largest absolute Gasteiger partial charge is 0.358 e. The number of nitrogens with zero attached hydrogens (tertiary/aromatic N) is 2. The number of aromatic amines is 1. The van der Waals surface area contributed by atoms with Crippen LogP contribution in [0.3, 0.4) is 0 Å². The molecule has 7 heteroatoms. The fourth-order valence-electron chi connectivity index (χ4n) is 4.38. The third kappa shape index (κ3) is 3.55. The van der Waals surface area contributed by atoms with Crippen molar-refractivity contribution in [2.75, 3.05) is 39.5 Å². The Kier molecular flexibility index (Phi) is 5.47. The molecule has 0 saturated carbocycles. The number of halogens is 1. The molecule has 0 saturated heterocycles. The minimum Gasteiger partial charge on any atom is -0.358 e. The van der Waals surface area contributed by atoms with Crippen LogP contribution in [0, 0.1) is 6.92 Å². The number of hydrogen-bond acceptors (Lipinski definition) is 3. The third-order valence-corrected chi connectivity index (χ3v) is 6.15. The molecule has 1 aliphatic carbocycles. The Balaban J connectivity index is 1.77. The van der Waals surface area contributed by atoms with Crippen molar-refractivity contribution >= 4 is 40.2 Å². The Morgan fingerprint density at radius 1 is 1.17 bits per heavy atom. The number of fused-ring (bicyclic) bond motifs is 2. The highest BCUT2D eigenvalue weighted by atomic mass is 35.5. The Labute approximate surface area is 181 Å². The molecule has 2 amide bonds. The number of allylic oxidation sites excluding steroid dienone is 1. The number of aromatic nitrogens is 1. The van der Waals surface area contributed by atoms with E-state index in [0.29, 0.717) is 17.1 Å². The highest BCUT2D eigenvalue weighted by molar-refractivity contribution is 6.38. The smallest absolute Gasteiger partial charge is 0.256 e. The van der Waals surface area contributed by atoms with Crippen molar-refractivity contribution in [2.45, 2.75) is 26.2 Å². The molecule has 0 fully saturated rings. The van der Waals surface area contributed by atoms with Crippen LogP contribution in [-0.4, -0.2) is 60.8 Å². The van der Waals surface area contributed by atoms with Crippen molar-refractivity contribution in [1.29, 1.82) is 0 Å². The van der Waals surface area contributed by atoms with Crippen LogP contribution in [0.5, 0.6) is 0 Å². The summed E-state index contributed by atoms with van der Waals surface area (Å²) in [4.78, 5) is 33.3. The van der Waals surface area contributed by atoms with Gasteiger partial charge in [-0.3, -0.25) is 9.59 Å². The number of anilines is 1. The molecule has 6 nitrogen and oxygen atoms in total. The number of H-pyrrole nitrogens is 1. The average Bonchev–Trinajstić information content (AvgIpc) is 3.20. The maximum atomic E-state index is 13.2. The van der Waals surface area contributed by atoms with Crippen molar-refractivity contribution in [3.05, 3.63) is 51.3 Å². The van der Waals surface area contributed by atoms with Gasteiger partial charge in [-0.05, 0) is 63.6 Å². The second kappa shape index (κ2) is 7.93. The molecule has 158 valence electrons. The highest BCUT2D eigenvalue weighted by Crippen LogP contribution is 2.43. The molecule has 0 spiro atoms. The molecule has 0 atom stereocenters. The zero-order valence-electron chi connectivity index (χ0n) is 17.9. The van der Waals surface area contributed by atoms with Gasteiger partial charge in [0.25, 0.3) is 11.8 Å². The van der Waals surface area contributed by atoms with Gasteiger partial charge >= 0.3 is 0 Å². The van der Waals surface area contributed by atoms with Crippen molar-refractivity contribution < 1.29 is 9.59 Å². The minimum absolute atomic E-state index is 0.0288. The van der Waals surface area contributed by atoms with Crippen molar-refractivity contribution in [3.63, 3.8) is 0 Å². The zero-order chi connectivity index (χ0) is 21.6. The van der Waals surface area contributed by atoms with Crippen LogP contribution in [0.2, 0.25) is 5.02 Å². The predicted octanol–water partition coefficient (Wildman–Crippen LogP) is 3.81. The van der Waals surface area contributed by atoms with E-state index >= 15 is 0 Å². The van der Waals surface area contributed by atoms with E-state index in [1.807, 2.05) is 34.1 Å². The molecule has 1 aliphatic heterocycles. The second-order valence-electron chi connectivity index (χ2n) is 8.36.